The van der Waals surface area contributed by atoms with Gasteiger partial charge >= 0.3 is 6.18 Å². The normalized spacial score (nSPS) is 12.5. The second-order valence-electron chi connectivity index (χ2n) is 7.25. The van der Waals surface area contributed by atoms with Gasteiger partial charge < -0.3 is 15.8 Å². The predicted molar refractivity (Wildman–Crippen MR) is 112 cm³/mol. The topological polar surface area (TPSA) is 82.2 Å². The SMILES string of the molecule is COc1ccc(F)cc1C(=O)NCc1ccc(-c2nn(C(C)C(F)(F)F)c(N)c2C)cc1. The number of carbonyl (C=O) groups is 1. The fourth-order valence-corrected chi connectivity index (χ4v) is 3.15. The molecule has 0 aliphatic carbocycles. The van der Waals surface area contributed by atoms with Gasteiger partial charge in [-0.3, -0.25) is 4.79 Å². The molecule has 0 fully saturated rings. The molecule has 1 atom stereocenters. The summed E-state index contributed by atoms with van der Waals surface area (Å²) in [4.78, 5) is 12.4. The van der Waals surface area contributed by atoms with Crippen molar-refractivity contribution in [2.45, 2.75) is 32.6 Å². The zero-order valence-electron chi connectivity index (χ0n) is 17.6. The number of anilines is 1. The Bertz CT molecular complexity index is 1120. The molecule has 0 aliphatic rings. The first-order chi connectivity index (χ1) is 15.0. The minimum absolute atomic E-state index is 0.0507. The molecule has 1 heterocycles. The number of alkyl halides is 3. The first-order valence-electron chi connectivity index (χ1n) is 9.65. The molecule has 1 unspecified atom stereocenters. The number of aromatic nitrogens is 2. The summed E-state index contributed by atoms with van der Waals surface area (Å²) >= 11 is 0. The summed E-state index contributed by atoms with van der Waals surface area (Å²) in [7, 11) is 1.38. The number of hydrogen-bond acceptors (Lipinski definition) is 4. The number of benzene rings is 2. The van der Waals surface area contributed by atoms with E-state index in [1.54, 1.807) is 31.2 Å². The van der Waals surface area contributed by atoms with Crippen molar-refractivity contribution in [1.29, 1.82) is 0 Å². The van der Waals surface area contributed by atoms with E-state index >= 15 is 0 Å². The van der Waals surface area contributed by atoms with Crippen LogP contribution < -0.4 is 15.8 Å². The molecule has 6 nitrogen and oxygen atoms in total. The number of nitrogen functional groups attached to an aromatic ring is 1. The average molecular weight is 450 g/mol. The zero-order valence-corrected chi connectivity index (χ0v) is 17.6. The smallest absolute Gasteiger partial charge is 0.410 e. The van der Waals surface area contributed by atoms with Crippen molar-refractivity contribution in [3.05, 3.63) is 65.0 Å². The molecule has 3 aromatic rings. The predicted octanol–water partition coefficient (Wildman–Crippen LogP) is 4.64. The van der Waals surface area contributed by atoms with Crippen LogP contribution in [0.1, 0.15) is 34.5 Å². The maximum absolute atomic E-state index is 13.5. The van der Waals surface area contributed by atoms with Gasteiger partial charge in [0, 0.05) is 17.7 Å². The number of halogens is 4. The largest absolute Gasteiger partial charge is 0.496 e. The third-order valence-corrected chi connectivity index (χ3v) is 5.12. The number of nitrogens with one attached hydrogen (secondary N) is 1. The average Bonchev–Trinajstić information content (AvgIpc) is 3.05. The lowest BCUT2D eigenvalue weighted by atomic mass is 10.1. The van der Waals surface area contributed by atoms with Gasteiger partial charge in [-0.15, -0.1) is 0 Å². The van der Waals surface area contributed by atoms with Gasteiger partial charge in [0.1, 0.15) is 23.4 Å². The molecule has 0 saturated carbocycles. The number of nitrogens with zero attached hydrogens (tertiary/aromatic N) is 2. The molecule has 10 heteroatoms. The van der Waals surface area contributed by atoms with Gasteiger partial charge in [0.25, 0.3) is 5.91 Å². The quantitative estimate of drug-likeness (QED) is 0.536. The molecule has 0 saturated heterocycles. The Labute approximate surface area is 182 Å². The number of rotatable bonds is 6. The van der Waals surface area contributed by atoms with Crippen LogP contribution in [0.15, 0.2) is 42.5 Å². The van der Waals surface area contributed by atoms with Crippen molar-refractivity contribution < 1.29 is 27.1 Å². The summed E-state index contributed by atoms with van der Waals surface area (Å²) < 4.78 is 58.5. The van der Waals surface area contributed by atoms with E-state index in [0.29, 0.717) is 16.8 Å². The summed E-state index contributed by atoms with van der Waals surface area (Å²) in [6.45, 7) is 2.75. The first-order valence-corrected chi connectivity index (χ1v) is 9.65. The molecule has 3 N–H and O–H groups in total. The fourth-order valence-electron chi connectivity index (χ4n) is 3.15. The van der Waals surface area contributed by atoms with Gasteiger partial charge in [0.2, 0.25) is 0 Å². The van der Waals surface area contributed by atoms with Crippen LogP contribution in [-0.2, 0) is 6.54 Å². The van der Waals surface area contributed by atoms with E-state index in [1.807, 2.05) is 0 Å². The highest BCUT2D eigenvalue weighted by Gasteiger charge is 2.39. The standard InChI is InChI=1S/C22H22F4N4O2/c1-12-19(29-30(20(12)27)13(2)22(24,25)26)15-6-4-14(5-7-15)11-28-21(31)17-10-16(23)8-9-18(17)32-3/h4-10,13H,11,27H2,1-3H3,(H,28,31). The highest BCUT2D eigenvalue weighted by molar-refractivity contribution is 5.96. The van der Waals surface area contributed by atoms with Crippen LogP contribution in [0.3, 0.4) is 0 Å². The van der Waals surface area contributed by atoms with Crippen LogP contribution in [0.2, 0.25) is 0 Å². The van der Waals surface area contributed by atoms with E-state index < -0.39 is 23.9 Å². The molecule has 0 spiro atoms. The highest BCUT2D eigenvalue weighted by atomic mass is 19.4. The van der Waals surface area contributed by atoms with Crippen LogP contribution >= 0.6 is 0 Å². The molecule has 3 rings (SSSR count). The molecule has 170 valence electrons. The number of amides is 1. The van der Waals surface area contributed by atoms with Crippen LogP contribution in [0, 0.1) is 12.7 Å². The molecule has 1 amide bonds. The zero-order chi connectivity index (χ0) is 23.6. The van der Waals surface area contributed by atoms with E-state index in [0.717, 1.165) is 23.2 Å². The van der Waals surface area contributed by atoms with E-state index in [2.05, 4.69) is 10.4 Å². The number of nitrogens with two attached hydrogens (primary N) is 1. The molecule has 0 aliphatic heterocycles. The number of carbonyl (C=O) groups excluding carboxylic acids is 1. The maximum atomic E-state index is 13.5. The van der Waals surface area contributed by atoms with Gasteiger partial charge in [0.15, 0.2) is 0 Å². The Morgan fingerprint density at radius 3 is 2.47 bits per heavy atom. The van der Waals surface area contributed by atoms with E-state index in [-0.39, 0.29) is 23.7 Å². The number of hydrogen-bond donors (Lipinski definition) is 2. The van der Waals surface area contributed by atoms with Crippen molar-refractivity contribution in [3.8, 4) is 17.0 Å². The molecular weight excluding hydrogens is 428 g/mol. The van der Waals surface area contributed by atoms with Crippen LogP contribution in [0.4, 0.5) is 23.4 Å². The Morgan fingerprint density at radius 1 is 1.22 bits per heavy atom. The van der Waals surface area contributed by atoms with Crippen molar-refractivity contribution >= 4 is 11.7 Å². The lowest BCUT2D eigenvalue weighted by Crippen LogP contribution is -2.25. The van der Waals surface area contributed by atoms with Gasteiger partial charge in [-0.2, -0.15) is 18.3 Å². The summed E-state index contributed by atoms with van der Waals surface area (Å²) in [6.07, 6.45) is -4.48. The van der Waals surface area contributed by atoms with Gasteiger partial charge in [-0.25, -0.2) is 9.07 Å². The number of methoxy groups -OCH3 is 1. The summed E-state index contributed by atoms with van der Waals surface area (Å²) in [5.41, 5.74) is 8.03. The molecule has 1 aromatic heterocycles. The Hall–Kier alpha value is -3.56. The number of ether oxygens (including phenoxy) is 1. The lowest BCUT2D eigenvalue weighted by Gasteiger charge is -2.17. The summed E-state index contributed by atoms with van der Waals surface area (Å²) in [5, 5.41) is 6.75. The van der Waals surface area contributed by atoms with Crippen LogP contribution in [0.25, 0.3) is 11.3 Å². The Morgan fingerprint density at radius 2 is 1.88 bits per heavy atom. The third-order valence-electron chi connectivity index (χ3n) is 5.12. The van der Waals surface area contributed by atoms with Gasteiger partial charge in [-0.1, -0.05) is 24.3 Å². The molecule has 0 bridgehead atoms. The van der Waals surface area contributed by atoms with E-state index in [9.17, 15) is 22.4 Å². The highest BCUT2D eigenvalue weighted by Crippen LogP contribution is 2.35. The first kappa shape index (κ1) is 23.1. The maximum Gasteiger partial charge on any atom is 0.410 e. The fraction of sp³-hybridized carbons (Fsp3) is 0.273. The third kappa shape index (κ3) is 4.68. The Balaban J connectivity index is 1.75. The molecule has 2 aromatic carbocycles. The van der Waals surface area contributed by atoms with Crippen molar-refractivity contribution in [2.75, 3.05) is 12.8 Å². The van der Waals surface area contributed by atoms with Crippen LogP contribution in [-0.4, -0.2) is 29.0 Å². The van der Waals surface area contributed by atoms with E-state index in [1.165, 1.54) is 19.2 Å². The second kappa shape index (κ2) is 8.89. The molecular formula is C22H22F4N4O2. The minimum Gasteiger partial charge on any atom is -0.496 e. The van der Waals surface area contributed by atoms with Crippen molar-refractivity contribution in [1.82, 2.24) is 15.1 Å². The second-order valence-corrected chi connectivity index (χ2v) is 7.25. The molecule has 0 radical (unpaired) electrons. The summed E-state index contributed by atoms with van der Waals surface area (Å²) in [5.74, 6) is -0.871. The minimum atomic E-state index is -4.48. The van der Waals surface area contributed by atoms with Gasteiger partial charge in [0.05, 0.1) is 18.4 Å². The van der Waals surface area contributed by atoms with E-state index in [4.69, 9.17) is 10.5 Å². The van der Waals surface area contributed by atoms with Crippen molar-refractivity contribution in [2.24, 2.45) is 0 Å². The monoisotopic (exact) mass is 450 g/mol. The summed E-state index contributed by atoms with van der Waals surface area (Å²) in [6, 6.07) is 8.57. The molecule has 32 heavy (non-hydrogen) atoms. The van der Waals surface area contributed by atoms with Crippen LogP contribution in [0.5, 0.6) is 5.75 Å². The Kier molecular flexibility index (Phi) is 6.42. The lowest BCUT2D eigenvalue weighted by molar-refractivity contribution is -0.164. The van der Waals surface area contributed by atoms with Crippen molar-refractivity contribution in [3.63, 3.8) is 0 Å². The van der Waals surface area contributed by atoms with Gasteiger partial charge in [-0.05, 0) is 37.6 Å².